The van der Waals surface area contributed by atoms with Gasteiger partial charge in [0.15, 0.2) is 5.75 Å². The number of carbonyl (C=O) groups is 1. The quantitative estimate of drug-likeness (QED) is 0.724. The average Bonchev–Trinajstić information content (AvgIpc) is 2.41. The Balaban J connectivity index is 2.13. The Hall–Kier alpha value is -1.76. The molecule has 0 spiro atoms. The van der Waals surface area contributed by atoms with Gasteiger partial charge in [-0.15, -0.1) is 0 Å². The molecule has 2 rings (SSSR count). The number of sulfonamides is 1. The van der Waals surface area contributed by atoms with E-state index in [9.17, 15) is 18.3 Å². The minimum absolute atomic E-state index is 0.00371. The lowest BCUT2D eigenvalue weighted by Gasteiger charge is -2.21. The summed E-state index contributed by atoms with van der Waals surface area (Å²) in [5.74, 6) is -1.73. The molecule has 21 heavy (non-hydrogen) atoms. The number of carboxylic acids is 1. The van der Waals surface area contributed by atoms with E-state index < -0.39 is 21.7 Å². The molecule has 0 radical (unpaired) electrons. The van der Waals surface area contributed by atoms with Crippen LogP contribution in [0.15, 0.2) is 18.2 Å². The van der Waals surface area contributed by atoms with Gasteiger partial charge in [-0.1, -0.05) is 25.3 Å². The van der Waals surface area contributed by atoms with E-state index in [1.54, 1.807) is 0 Å². The van der Waals surface area contributed by atoms with Crippen molar-refractivity contribution in [3.05, 3.63) is 23.8 Å². The van der Waals surface area contributed by atoms with Crippen molar-refractivity contribution in [3.8, 4) is 5.75 Å². The fourth-order valence-corrected chi connectivity index (χ4v) is 4.21. The van der Waals surface area contributed by atoms with Crippen molar-refractivity contribution in [1.29, 1.82) is 0 Å². The van der Waals surface area contributed by atoms with Crippen LogP contribution in [-0.2, 0) is 10.0 Å². The molecule has 0 unspecified atom stereocenters. The molecule has 116 valence electrons. The largest absolute Gasteiger partial charge is 0.505 e. The van der Waals surface area contributed by atoms with Crippen LogP contribution >= 0.6 is 0 Å². The highest BCUT2D eigenvalue weighted by atomic mass is 32.2. The van der Waals surface area contributed by atoms with Gasteiger partial charge in [-0.05, 0) is 30.9 Å². The van der Waals surface area contributed by atoms with Gasteiger partial charge in [0, 0.05) is 0 Å². The minimum Gasteiger partial charge on any atom is -0.505 e. The van der Waals surface area contributed by atoms with Crippen molar-refractivity contribution in [2.24, 2.45) is 5.92 Å². The molecule has 1 aliphatic carbocycles. The second kappa shape index (κ2) is 6.34. The Morgan fingerprint density at radius 1 is 1.24 bits per heavy atom. The third-order valence-corrected chi connectivity index (χ3v) is 5.15. The number of hydrogen-bond acceptors (Lipinski definition) is 4. The van der Waals surface area contributed by atoms with E-state index in [1.807, 2.05) is 0 Å². The molecule has 0 saturated heterocycles. The van der Waals surface area contributed by atoms with Gasteiger partial charge in [-0.2, -0.15) is 0 Å². The van der Waals surface area contributed by atoms with Crippen molar-refractivity contribution in [1.82, 2.24) is 0 Å². The standard InChI is InChI=1S/C14H19NO5S/c16-13-11(14(17)18)7-4-8-12(13)15-21(19,20)9-10-5-2-1-3-6-10/h4,7-8,10,15-16H,1-3,5-6,9H2,(H,17,18). The summed E-state index contributed by atoms with van der Waals surface area (Å²) in [6.07, 6.45) is 5.01. The lowest BCUT2D eigenvalue weighted by molar-refractivity contribution is 0.0694. The number of nitrogens with one attached hydrogen (secondary N) is 1. The second-order valence-corrected chi connectivity index (χ2v) is 7.16. The van der Waals surface area contributed by atoms with E-state index in [-0.39, 0.29) is 22.9 Å². The van der Waals surface area contributed by atoms with E-state index >= 15 is 0 Å². The first-order chi connectivity index (χ1) is 9.89. The van der Waals surface area contributed by atoms with E-state index in [1.165, 1.54) is 18.2 Å². The first-order valence-corrected chi connectivity index (χ1v) is 8.60. The van der Waals surface area contributed by atoms with Gasteiger partial charge in [0.1, 0.15) is 5.56 Å². The van der Waals surface area contributed by atoms with Crippen LogP contribution in [0.4, 0.5) is 5.69 Å². The monoisotopic (exact) mass is 313 g/mol. The molecule has 0 aliphatic heterocycles. The van der Waals surface area contributed by atoms with Crippen LogP contribution in [0.2, 0.25) is 0 Å². The molecule has 7 heteroatoms. The number of aromatic hydroxyl groups is 1. The molecule has 0 heterocycles. The van der Waals surface area contributed by atoms with Gasteiger partial charge < -0.3 is 10.2 Å². The van der Waals surface area contributed by atoms with Crippen LogP contribution in [0.25, 0.3) is 0 Å². The fraction of sp³-hybridized carbons (Fsp3) is 0.500. The fourth-order valence-electron chi connectivity index (χ4n) is 2.67. The van der Waals surface area contributed by atoms with E-state index in [4.69, 9.17) is 5.11 Å². The molecular formula is C14H19NO5S. The molecule has 1 aromatic rings. The maximum Gasteiger partial charge on any atom is 0.339 e. The average molecular weight is 313 g/mol. The predicted molar refractivity (Wildman–Crippen MR) is 79.1 cm³/mol. The normalized spacial score (nSPS) is 16.6. The topological polar surface area (TPSA) is 104 Å². The van der Waals surface area contributed by atoms with Crippen LogP contribution in [0, 0.1) is 5.92 Å². The summed E-state index contributed by atoms with van der Waals surface area (Å²) in [5.41, 5.74) is -0.418. The first-order valence-electron chi connectivity index (χ1n) is 6.95. The van der Waals surface area contributed by atoms with E-state index in [0.29, 0.717) is 0 Å². The first kappa shape index (κ1) is 15.6. The number of hydrogen-bond donors (Lipinski definition) is 3. The van der Waals surface area contributed by atoms with Crippen LogP contribution in [0.5, 0.6) is 5.75 Å². The third-order valence-electron chi connectivity index (χ3n) is 3.71. The highest BCUT2D eigenvalue weighted by Gasteiger charge is 2.23. The molecule has 0 aromatic heterocycles. The number of benzene rings is 1. The smallest absolute Gasteiger partial charge is 0.339 e. The maximum atomic E-state index is 12.1. The van der Waals surface area contributed by atoms with Gasteiger partial charge in [0.25, 0.3) is 0 Å². The molecule has 1 fully saturated rings. The highest BCUT2D eigenvalue weighted by molar-refractivity contribution is 7.92. The van der Waals surface area contributed by atoms with Gasteiger partial charge in [0.2, 0.25) is 10.0 Å². The summed E-state index contributed by atoms with van der Waals surface area (Å²) >= 11 is 0. The molecular weight excluding hydrogens is 294 g/mol. The van der Waals surface area contributed by atoms with Crippen LogP contribution in [-0.4, -0.2) is 30.4 Å². The molecule has 6 nitrogen and oxygen atoms in total. The van der Waals surface area contributed by atoms with E-state index in [0.717, 1.165) is 32.1 Å². The van der Waals surface area contributed by atoms with Crippen molar-refractivity contribution in [2.75, 3.05) is 10.5 Å². The Morgan fingerprint density at radius 3 is 2.52 bits per heavy atom. The van der Waals surface area contributed by atoms with Crippen molar-refractivity contribution < 1.29 is 23.4 Å². The zero-order valence-electron chi connectivity index (χ0n) is 11.6. The third kappa shape index (κ3) is 4.10. The Bertz CT molecular complexity index is 620. The maximum absolute atomic E-state index is 12.1. The lowest BCUT2D eigenvalue weighted by Crippen LogP contribution is -2.24. The number of phenols is 1. The van der Waals surface area contributed by atoms with Crippen LogP contribution < -0.4 is 4.72 Å². The Kier molecular flexibility index (Phi) is 4.72. The van der Waals surface area contributed by atoms with Crippen molar-refractivity contribution in [2.45, 2.75) is 32.1 Å². The number of aromatic carboxylic acids is 1. The number of anilines is 1. The van der Waals surface area contributed by atoms with Crippen LogP contribution in [0.3, 0.4) is 0 Å². The molecule has 3 N–H and O–H groups in total. The molecule has 1 aliphatic rings. The number of rotatable bonds is 5. The molecule has 0 bridgehead atoms. The summed E-state index contributed by atoms with van der Waals surface area (Å²) in [7, 11) is -3.60. The van der Waals surface area contributed by atoms with Gasteiger partial charge in [-0.3, -0.25) is 4.72 Å². The van der Waals surface area contributed by atoms with Gasteiger partial charge >= 0.3 is 5.97 Å². The Morgan fingerprint density at radius 2 is 1.90 bits per heavy atom. The predicted octanol–water partition coefficient (Wildman–Crippen LogP) is 2.41. The van der Waals surface area contributed by atoms with Crippen LogP contribution in [0.1, 0.15) is 42.5 Å². The van der Waals surface area contributed by atoms with Gasteiger partial charge in [-0.25, -0.2) is 13.2 Å². The molecule has 1 aromatic carbocycles. The zero-order valence-corrected chi connectivity index (χ0v) is 12.4. The summed E-state index contributed by atoms with van der Waals surface area (Å²) < 4.78 is 26.6. The Labute approximate surface area is 123 Å². The van der Waals surface area contributed by atoms with E-state index in [2.05, 4.69) is 4.72 Å². The number of carboxylic acid groups (broad SMARTS) is 1. The molecule has 0 amide bonds. The number of para-hydroxylation sites is 1. The lowest BCUT2D eigenvalue weighted by atomic mass is 9.91. The molecule has 0 atom stereocenters. The highest BCUT2D eigenvalue weighted by Crippen LogP contribution is 2.30. The zero-order chi connectivity index (χ0) is 15.5. The summed E-state index contributed by atoms with van der Waals surface area (Å²) in [6.45, 7) is 0. The summed E-state index contributed by atoms with van der Waals surface area (Å²) in [4.78, 5) is 10.9. The molecule has 1 saturated carbocycles. The minimum atomic E-state index is -3.60. The van der Waals surface area contributed by atoms with Gasteiger partial charge in [0.05, 0.1) is 11.4 Å². The summed E-state index contributed by atoms with van der Waals surface area (Å²) in [5, 5.41) is 18.7. The summed E-state index contributed by atoms with van der Waals surface area (Å²) in [6, 6.07) is 3.96. The van der Waals surface area contributed by atoms with Crippen molar-refractivity contribution in [3.63, 3.8) is 0 Å². The SMILES string of the molecule is O=C(O)c1cccc(NS(=O)(=O)CC2CCCCC2)c1O. The van der Waals surface area contributed by atoms with Crippen molar-refractivity contribution >= 4 is 21.7 Å². The second-order valence-electron chi connectivity index (χ2n) is 5.39.